The van der Waals surface area contributed by atoms with Crippen LogP contribution in [-0.4, -0.2) is 24.4 Å². The molecule has 2 atom stereocenters. The zero-order chi connectivity index (χ0) is 15.5. The van der Waals surface area contributed by atoms with Gasteiger partial charge in [0.05, 0.1) is 12.2 Å². The molecule has 118 valence electrons. The predicted molar refractivity (Wildman–Crippen MR) is 82.1 cm³/mol. The fourth-order valence-corrected chi connectivity index (χ4v) is 2.40. The van der Waals surface area contributed by atoms with E-state index in [9.17, 15) is 4.39 Å². The first-order valence-corrected chi connectivity index (χ1v) is 7.66. The molecule has 0 spiro atoms. The van der Waals surface area contributed by atoms with Gasteiger partial charge in [0.25, 0.3) is 0 Å². The average Bonchev–Trinajstić information content (AvgIpc) is 2.80. The molecule has 0 bridgehead atoms. The molecule has 1 N–H and O–H groups in total. The van der Waals surface area contributed by atoms with E-state index in [1.807, 2.05) is 6.07 Å². The monoisotopic (exact) mass is 295 g/mol. The average molecular weight is 295 g/mol. The lowest BCUT2D eigenvalue weighted by Gasteiger charge is -2.22. The van der Waals surface area contributed by atoms with Gasteiger partial charge in [-0.1, -0.05) is 12.1 Å². The Balaban J connectivity index is 2.00. The van der Waals surface area contributed by atoms with Gasteiger partial charge in [-0.05, 0) is 46.6 Å². The number of ether oxygens (including phenoxy) is 2. The van der Waals surface area contributed by atoms with Crippen LogP contribution in [0.15, 0.2) is 18.2 Å². The van der Waals surface area contributed by atoms with E-state index < -0.39 is 0 Å². The van der Waals surface area contributed by atoms with Crippen molar-refractivity contribution in [1.29, 1.82) is 0 Å². The molecule has 4 heteroatoms. The van der Waals surface area contributed by atoms with Crippen LogP contribution in [0.1, 0.15) is 46.1 Å². The Morgan fingerprint density at radius 2 is 2.10 bits per heavy atom. The van der Waals surface area contributed by atoms with Crippen LogP contribution in [0, 0.1) is 5.82 Å². The van der Waals surface area contributed by atoms with E-state index in [2.05, 4.69) is 33.0 Å². The largest absolute Gasteiger partial charge is 0.487 e. The summed E-state index contributed by atoms with van der Waals surface area (Å²) in [7, 11) is 0. The minimum atomic E-state index is -0.311. The van der Waals surface area contributed by atoms with Crippen LogP contribution in [0.5, 0.6) is 5.75 Å². The van der Waals surface area contributed by atoms with Gasteiger partial charge in [0.15, 0.2) is 11.6 Å². The van der Waals surface area contributed by atoms with Gasteiger partial charge in [0, 0.05) is 17.6 Å². The molecule has 1 fully saturated rings. The molecule has 21 heavy (non-hydrogen) atoms. The van der Waals surface area contributed by atoms with Crippen LogP contribution in [0.2, 0.25) is 0 Å². The highest BCUT2D eigenvalue weighted by Crippen LogP contribution is 2.25. The maximum Gasteiger partial charge on any atom is 0.165 e. The van der Waals surface area contributed by atoms with Crippen LogP contribution in [-0.2, 0) is 11.3 Å². The van der Waals surface area contributed by atoms with Gasteiger partial charge in [-0.2, -0.15) is 0 Å². The number of hydrogen-bond acceptors (Lipinski definition) is 3. The summed E-state index contributed by atoms with van der Waals surface area (Å²) >= 11 is 0. The van der Waals surface area contributed by atoms with E-state index in [-0.39, 0.29) is 23.6 Å². The molecule has 1 saturated heterocycles. The topological polar surface area (TPSA) is 30.5 Å². The predicted octanol–water partition coefficient (Wildman–Crippen LogP) is 3.66. The van der Waals surface area contributed by atoms with Crippen LogP contribution >= 0.6 is 0 Å². The molecule has 0 aliphatic carbocycles. The molecule has 2 unspecified atom stereocenters. The van der Waals surface area contributed by atoms with E-state index >= 15 is 0 Å². The molecule has 1 aliphatic heterocycles. The first kappa shape index (κ1) is 16.2. The zero-order valence-corrected chi connectivity index (χ0v) is 13.4. The number of rotatable bonds is 5. The van der Waals surface area contributed by atoms with Crippen molar-refractivity contribution in [2.24, 2.45) is 0 Å². The molecule has 0 saturated carbocycles. The van der Waals surface area contributed by atoms with E-state index in [1.54, 1.807) is 6.07 Å². The number of benzene rings is 1. The molecular formula is C17H26FNO2. The van der Waals surface area contributed by atoms with Crippen LogP contribution < -0.4 is 10.1 Å². The summed E-state index contributed by atoms with van der Waals surface area (Å²) < 4.78 is 25.5. The fourth-order valence-electron chi connectivity index (χ4n) is 2.40. The van der Waals surface area contributed by atoms with E-state index in [0.717, 1.165) is 18.4 Å². The first-order valence-electron chi connectivity index (χ1n) is 7.66. The number of para-hydroxylation sites is 1. The fraction of sp³-hybridized carbons (Fsp3) is 0.647. The minimum Gasteiger partial charge on any atom is -0.487 e. The Kier molecular flexibility index (Phi) is 5.22. The molecule has 0 amide bonds. The van der Waals surface area contributed by atoms with Crippen LogP contribution in [0.3, 0.4) is 0 Å². The molecule has 1 aliphatic rings. The molecule has 1 aromatic carbocycles. The summed E-state index contributed by atoms with van der Waals surface area (Å²) in [5, 5.41) is 3.36. The highest BCUT2D eigenvalue weighted by Gasteiger charge is 2.23. The smallest absolute Gasteiger partial charge is 0.165 e. The number of halogens is 1. The number of hydrogen-bond donors (Lipinski definition) is 1. The Morgan fingerprint density at radius 3 is 2.71 bits per heavy atom. The highest BCUT2D eigenvalue weighted by atomic mass is 19.1. The van der Waals surface area contributed by atoms with Gasteiger partial charge in [-0.25, -0.2) is 4.39 Å². The molecule has 3 nitrogen and oxygen atoms in total. The minimum absolute atomic E-state index is 0.0203. The molecule has 0 aromatic heterocycles. The molecular weight excluding hydrogens is 269 g/mol. The summed E-state index contributed by atoms with van der Waals surface area (Å²) in [6.45, 7) is 9.30. The van der Waals surface area contributed by atoms with Crippen molar-refractivity contribution in [3.05, 3.63) is 29.6 Å². The Bertz CT molecular complexity index is 470. The van der Waals surface area contributed by atoms with Gasteiger partial charge >= 0.3 is 0 Å². The van der Waals surface area contributed by atoms with Crippen LogP contribution in [0.4, 0.5) is 4.39 Å². The number of nitrogens with one attached hydrogen (secondary N) is 1. The third-order valence-corrected chi connectivity index (χ3v) is 3.59. The van der Waals surface area contributed by atoms with Crippen molar-refractivity contribution in [3.63, 3.8) is 0 Å². The van der Waals surface area contributed by atoms with Crippen molar-refractivity contribution in [3.8, 4) is 5.75 Å². The lowest BCUT2D eigenvalue weighted by molar-refractivity contribution is 0.0253. The molecule has 1 heterocycles. The molecule has 0 radical (unpaired) electrons. The molecule has 2 rings (SSSR count). The Labute approximate surface area is 126 Å². The summed E-state index contributed by atoms with van der Waals surface area (Å²) in [5.74, 6) is 0.0339. The summed E-state index contributed by atoms with van der Waals surface area (Å²) in [4.78, 5) is 0. The zero-order valence-electron chi connectivity index (χ0n) is 13.4. The second-order valence-corrected chi connectivity index (χ2v) is 6.79. The van der Waals surface area contributed by atoms with Crippen molar-refractivity contribution >= 4 is 0 Å². The first-order chi connectivity index (χ1) is 9.85. The summed E-state index contributed by atoms with van der Waals surface area (Å²) in [6.07, 6.45) is 2.37. The maximum absolute atomic E-state index is 14.0. The third-order valence-electron chi connectivity index (χ3n) is 3.59. The summed E-state index contributed by atoms with van der Waals surface area (Å²) in [5.41, 5.74) is 0.823. The standard InChI is InChI=1S/C17H26FNO2/c1-12-8-9-14(21-12)11-20-16-13(6-5-7-15(16)18)10-19-17(2,3)4/h5-7,12,14,19H,8-11H2,1-4H3. The molecule has 1 aromatic rings. The van der Waals surface area contributed by atoms with Gasteiger partial charge in [-0.3, -0.25) is 0 Å². The van der Waals surface area contributed by atoms with E-state index in [4.69, 9.17) is 9.47 Å². The van der Waals surface area contributed by atoms with Gasteiger partial charge < -0.3 is 14.8 Å². The normalized spacial score (nSPS) is 22.5. The van der Waals surface area contributed by atoms with Crippen molar-refractivity contribution in [2.75, 3.05) is 6.61 Å². The Hall–Kier alpha value is -1.13. The van der Waals surface area contributed by atoms with Crippen molar-refractivity contribution in [2.45, 2.75) is 64.8 Å². The SMILES string of the molecule is CC1CCC(COc2c(F)cccc2CNC(C)(C)C)O1. The quantitative estimate of drug-likeness (QED) is 0.899. The summed E-state index contributed by atoms with van der Waals surface area (Å²) in [6, 6.07) is 5.05. The lowest BCUT2D eigenvalue weighted by Crippen LogP contribution is -2.35. The van der Waals surface area contributed by atoms with E-state index in [1.165, 1.54) is 6.07 Å². The second kappa shape index (κ2) is 6.75. The van der Waals surface area contributed by atoms with Gasteiger partial charge in [0.1, 0.15) is 6.61 Å². The van der Waals surface area contributed by atoms with E-state index in [0.29, 0.717) is 18.9 Å². The van der Waals surface area contributed by atoms with Crippen molar-refractivity contribution in [1.82, 2.24) is 5.32 Å². The third kappa shape index (κ3) is 4.97. The lowest BCUT2D eigenvalue weighted by atomic mass is 10.1. The second-order valence-electron chi connectivity index (χ2n) is 6.79. The maximum atomic E-state index is 14.0. The van der Waals surface area contributed by atoms with Gasteiger partial charge in [0.2, 0.25) is 0 Å². The van der Waals surface area contributed by atoms with Crippen molar-refractivity contribution < 1.29 is 13.9 Å². The van der Waals surface area contributed by atoms with Gasteiger partial charge in [-0.15, -0.1) is 0 Å². The Morgan fingerprint density at radius 1 is 1.33 bits per heavy atom. The highest BCUT2D eigenvalue weighted by molar-refractivity contribution is 5.35. The van der Waals surface area contributed by atoms with Crippen LogP contribution in [0.25, 0.3) is 0 Å².